The third-order valence-electron chi connectivity index (χ3n) is 2.46. The van der Waals surface area contributed by atoms with Crippen molar-refractivity contribution in [2.45, 2.75) is 6.42 Å². The Bertz CT molecular complexity index is 635. The van der Waals surface area contributed by atoms with Gasteiger partial charge in [0, 0.05) is 11.6 Å². The van der Waals surface area contributed by atoms with E-state index in [0.717, 1.165) is 0 Å². The van der Waals surface area contributed by atoms with E-state index in [1.165, 1.54) is 24.6 Å². The van der Waals surface area contributed by atoms with Crippen molar-refractivity contribution in [3.63, 3.8) is 0 Å². The van der Waals surface area contributed by atoms with Crippen LogP contribution in [0.25, 0.3) is 0 Å². The molecule has 0 fully saturated rings. The van der Waals surface area contributed by atoms with Gasteiger partial charge in [0.2, 0.25) is 5.91 Å². The number of amides is 1. The number of benzene rings is 1. The molecule has 0 spiro atoms. The van der Waals surface area contributed by atoms with E-state index < -0.39 is 10.8 Å². The van der Waals surface area contributed by atoms with Gasteiger partial charge in [-0.15, -0.1) is 0 Å². The summed E-state index contributed by atoms with van der Waals surface area (Å²) in [6.45, 7) is 0. The lowest BCUT2D eigenvalue weighted by molar-refractivity contribution is -0.385. The third kappa shape index (κ3) is 3.52. The maximum Gasteiger partial charge on any atom is 0.273 e. The maximum absolute atomic E-state index is 11.6. The first-order valence-corrected chi connectivity index (χ1v) is 5.74. The number of nitrogens with zero attached hydrogens (tertiary/aromatic N) is 2. The summed E-state index contributed by atoms with van der Waals surface area (Å²) in [6.07, 6.45) is 2.71. The average Bonchev–Trinajstić information content (AvgIpc) is 2.92. The Hall–Kier alpha value is -2.96. The minimum absolute atomic E-state index is 0.0855. The second-order valence-electron chi connectivity index (χ2n) is 3.87. The highest BCUT2D eigenvalue weighted by Crippen LogP contribution is 2.17. The van der Waals surface area contributed by atoms with Crippen LogP contribution in [0.2, 0.25) is 0 Å². The molecule has 20 heavy (non-hydrogen) atoms. The first-order chi connectivity index (χ1) is 9.66. The molecule has 0 unspecified atom stereocenters. The lowest BCUT2D eigenvalue weighted by atomic mass is 10.1. The zero-order chi connectivity index (χ0) is 14.4. The molecule has 0 atom stereocenters. The molecule has 1 aromatic heterocycles. The summed E-state index contributed by atoms with van der Waals surface area (Å²) in [7, 11) is 0. The van der Waals surface area contributed by atoms with Crippen LogP contribution in [0.4, 0.5) is 5.69 Å². The zero-order valence-corrected chi connectivity index (χ0v) is 10.4. The van der Waals surface area contributed by atoms with Gasteiger partial charge in [-0.3, -0.25) is 14.9 Å². The van der Waals surface area contributed by atoms with Crippen LogP contribution < -0.4 is 5.43 Å². The minimum Gasteiger partial charge on any atom is -0.463 e. The Kier molecular flexibility index (Phi) is 4.23. The molecule has 2 aromatic rings. The summed E-state index contributed by atoms with van der Waals surface area (Å²) in [5.74, 6) is 0.0538. The van der Waals surface area contributed by atoms with E-state index in [1.807, 2.05) is 0 Å². The molecular formula is C13H11N3O4. The Morgan fingerprint density at radius 3 is 2.85 bits per heavy atom. The van der Waals surface area contributed by atoms with Crippen LogP contribution in [0.15, 0.2) is 52.2 Å². The molecule has 0 aliphatic heterocycles. The summed E-state index contributed by atoms with van der Waals surface area (Å²) in [4.78, 5) is 21.9. The second-order valence-corrected chi connectivity index (χ2v) is 3.87. The summed E-state index contributed by atoms with van der Waals surface area (Å²) in [5.41, 5.74) is 2.53. The van der Waals surface area contributed by atoms with Gasteiger partial charge in [0.15, 0.2) is 0 Å². The Morgan fingerprint density at radius 2 is 2.15 bits per heavy atom. The smallest absolute Gasteiger partial charge is 0.273 e. The molecule has 102 valence electrons. The normalized spacial score (nSPS) is 10.6. The highest BCUT2D eigenvalue weighted by Gasteiger charge is 2.14. The predicted molar refractivity (Wildman–Crippen MR) is 71.2 cm³/mol. The Morgan fingerprint density at radius 1 is 1.35 bits per heavy atom. The summed E-state index contributed by atoms with van der Waals surface area (Å²) in [5, 5.41) is 14.5. The number of furan rings is 1. The summed E-state index contributed by atoms with van der Waals surface area (Å²) < 4.78 is 4.99. The molecule has 0 bridgehead atoms. The van der Waals surface area contributed by atoms with Crippen molar-refractivity contribution in [3.8, 4) is 0 Å². The van der Waals surface area contributed by atoms with Crippen molar-refractivity contribution >= 4 is 17.8 Å². The van der Waals surface area contributed by atoms with Crippen molar-refractivity contribution < 1.29 is 14.1 Å². The number of para-hydroxylation sites is 1. The number of nitro groups is 1. The Balaban J connectivity index is 1.96. The standard InChI is InChI=1S/C13H11N3O4/c17-13(15-14-9-11-5-3-7-20-11)8-10-4-1-2-6-12(10)16(18)19/h1-7,9H,8H2,(H,15,17)/b14-9+. The topological polar surface area (TPSA) is 97.7 Å². The zero-order valence-electron chi connectivity index (χ0n) is 10.4. The summed E-state index contributed by atoms with van der Waals surface area (Å²) >= 11 is 0. The van der Waals surface area contributed by atoms with Gasteiger partial charge < -0.3 is 4.42 Å². The number of hydrazone groups is 1. The highest BCUT2D eigenvalue weighted by molar-refractivity contribution is 5.82. The van der Waals surface area contributed by atoms with Crippen molar-refractivity contribution in [2.75, 3.05) is 0 Å². The van der Waals surface area contributed by atoms with E-state index in [0.29, 0.717) is 11.3 Å². The van der Waals surface area contributed by atoms with E-state index in [4.69, 9.17) is 4.42 Å². The molecular weight excluding hydrogens is 262 g/mol. The average molecular weight is 273 g/mol. The lowest BCUT2D eigenvalue weighted by Gasteiger charge is -2.01. The van der Waals surface area contributed by atoms with Crippen LogP contribution in [-0.4, -0.2) is 17.0 Å². The van der Waals surface area contributed by atoms with Crippen LogP contribution >= 0.6 is 0 Å². The van der Waals surface area contributed by atoms with Gasteiger partial charge in [0.05, 0.1) is 23.8 Å². The molecule has 0 saturated heterocycles. The first kappa shape index (κ1) is 13.5. The maximum atomic E-state index is 11.6. The van der Waals surface area contributed by atoms with Crippen molar-refractivity contribution in [1.29, 1.82) is 0 Å². The van der Waals surface area contributed by atoms with Gasteiger partial charge in [-0.2, -0.15) is 5.10 Å². The van der Waals surface area contributed by atoms with Gasteiger partial charge in [-0.05, 0) is 12.1 Å². The number of carbonyl (C=O) groups excluding carboxylic acids is 1. The molecule has 1 N–H and O–H groups in total. The van der Waals surface area contributed by atoms with Gasteiger partial charge in [-0.25, -0.2) is 5.43 Å². The van der Waals surface area contributed by atoms with E-state index >= 15 is 0 Å². The number of nitro benzene ring substituents is 1. The molecule has 7 heteroatoms. The third-order valence-corrected chi connectivity index (χ3v) is 2.46. The highest BCUT2D eigenvalue weighted by atomic mass is 16.6. The van der Waals surface area contributed by atoms with Crippen LogP contribution in [0.5, 0.6) is 0 Å². The Labute approximate surface area is 114 Å². The van der Waals surface area contributed by atoms with E-state index in [1.54, 1.807) is 24.3 Å². The van der Waals surface area contributed by atoms with E-state index in [2.05, 4.69) is 10.5 Å². The summed E-state index contributed by atoms with van der Waals surface area (Å²) in [6, 6.07) is 9.45. The van der Waals surface area contributed by atoms with Crippen LogP contribution in [0, 0.1) is 10.1 Å². The fourth-order valence-electron chi connectivity index (χ4n) is 1.58. The molecule has 1 heterocycles. The molecule has 1 amide bonds. The quantitative estimate of drug-likeness (QED) is 0.511. The molecule has 0 aliphatic carbocycles. The minimum atomic E-state index is -0.519. The van der Waals surface area contributed by atoms with Crippen molar-refractivity contribution in [2.24, 2.45) is 5.10 Å². The fraction of sp³-hybridized carbons (Fsp3) is 0.0769. The molecule has 7 nitrogen and oxygen atoms in total. The number of rotatable bonds is 5. The number of hydrogen-bond donors (Lipinski definition) is 1. The van der Waals surface area contributed by atoms with Gasteiger partial charge in [0.1, 0.15) is 5.76 Å². The SMILES string of the molecule is O=C(Cc1ccccc1[N+](=O)[O-])N/N=C/c1ccco1. The predicted octanol–water partition coefficient (Wildman–Crippen LogP) is 1.88. The van der Waals surface area contributed by atoms with Crippen LogP contribution in [0.3, 0.4) is 0 Å². The van der Waals surface area contributed by atoms with Crippen molar-refractivity contribution in [3.05, 3.63) is 64.1 Å². The second kappa shape index (κ2) is 6.28. The largest absolute Gasteiger partial charge is 0.463 e. The van der Waals surface area contributed by atoms with Gasteiger partial charge >= 0.3 is 0 Å². The molecule has 0 saturated carbocycles. The lowest BCUT2D eigenvalue weighted by Crippen LogP contribution is -2.20. The molecule has 0 aliphatic rings. The van der Waals surface area contributed by atoms with E-state index in [-0.39, 0.29) is 12.1 Å². The van der Waals surface area contributed by atoms with E-state index in [9.17, 15) is 14.9 Å². The number of nitrogens with one attached hydrogen (secondary N) is 1. The molecule has 0 radical (unpaired) electrons. The first-order valence-electron chi connectivity index (χ1n) is 5.74. The monoisotopic (exact) mass is 273 g/mol. The fourth-order valence-corrected chi connectivity index (χ4v) is 1.58. The molecule has 2 rings (SSSR count). The number of carbonyl (C=O) groups is 1. The van der Waals surface area contributed by atoms with Crippen molar-refractivity contribution in [1.82, 2.24) is 5.43 Å². The number of hydrogen-bond acceptors (Lipinski definition) is 5. The van der Waals surface area contributed by atoms with Gasteiger partial charge in [0.25, 0.3) is 5.69 Å². The van der Waals surface area contributed by atoms with Crippen LogP contribution in [0.1, 0.15) is 11.3 Å². The van der Waals surface area contributed by atoms with Crippen LogP contribution in [-0.2, 0) is 11.2 Å². The van der Waals surface area contributed by atoms with Gasteiger partial charge in [-0.1, -0.05) is 18.2 Å². The molecule has 1 aromatic carbocycles.